The molecule has 0 fully saturated rings. The normalized spacial score (nSPS) is 13.5. The zero-order valence-electron chi connectivity index (χ0n) is 10.6. The third kappa shape index (κ3) is 6.54. The lowest BCUT2D eigenvalue weighted by atomic mass is 10.1. The number of hydrogen-bond acceptors (Lipinski definition) is 2. The van der Waals surface area contributed by atoms with Gasteiger partial charge in [-0.1, -0.05) is 25.1 Å². The van der Waals surface area contributed by atoms with E-state index in [4.69, 9.17) is 0 Å². The number of nitrogens with one attached hydrogen (secondary N) is 1. The van der Waals surface area contributed by atoms with Gasteiger partial charge in [0.2, 0.25) is 0 Å². The molecule has 1 atom stereocenters. The molecule has 108 valence electrons. The first kappa shape index (κ1) is 15.9. The van der Waals surface area contributed by atoms with E-state index < -0.39 is 12.8 Å². The van der Waals surface area contributed by atoms with E-state index in [1.807, 2.05) is 6.92 Å². The zero-order valence-corrected chi connectivity index (χ0v) is 10.6. The number of alkyl halides is 3. The third-order valence-electron chi connectivity index (χ3n) is 2.50. The Kier molecular flexibility index (Phi) is 6.24. The molecule has 6 heteroatoms. The molecule has 1 aromatic rings. The second-order valence-corrected chi connectivity index (χ2v) is 4.18. The van der Waals surface area contributed by atoms with E-state index in [0.29, 0.717) is 18.5 Å². The fourth-order valence-electron chi connectivity index (χ4n) is 1.73. The van der Waals surface area contributed by atoms with Gasteiger partial charge in [-0.05, 0) is 24.6 Å². The van der Waals surface area contributed by atoms with Gasteiger partial charge < -0.3 is 10.1 Å². The smallest absolute Gasteiger partial charge is 0.370 e. The zero-order chi connectivity index (χ0) is 14.3. The summed E-state index contributed by atoms with van der Waals surface area (Å²) in [7, 11) is 0. The molecule has 0 spiro atoms. The highest BCUT2D eigenvalue weighted by atomic mass is 19.4. The van der Waals surface area contributed by atoms with Crippen molar-refractivity contribution in [2.24, 2.45) is 0 Å². The van der Waals surface area contributed by atoms with Crippen molar-refractivity contribution in [1.82, 2.24) is 5.32 Å². The lowest BCUT2D eigenvalue weighted by Crippen LogP contribution is -2.36. The van der Waals surface area contributed by atoms with Crippen molar-refractivity contribution in [2.75, 3.05) is 19.8 Å². The van der Waals surface area contributed by atoms with Crippen LogP contribution < -0.4 is 5.32 Å². The third-order valence-corrected chi connectivity index (χ3v) is 2.50. The Balaban J connectivity index is 2.51. The standard InChI is InChI=1S/C13H17F4NO/c1-2-18-11(8-19-9-13(15,16)17)7-10-5-3-4-6-12(10)14/h3-6,11,18H,2,7-9H2,1H3. The van der Waals surface area contributed by atoms with E-state index in [1.165, 1.54) is 6.07 Å². The molecule has 1 rings (SSSR count). The van der Waals surface area contributed by atoms with Crippen molar-refractivity contribution in [3.05, 3.63) is 35.6 Å². The van der Waals surface area contributed by atoms with E-state index in [9.17, 15) is 17.6 Å². The van der Waals surface area contributed by atoms with Crippen LogP contribution in [0.1, 0.15) is 12.5 Å². The number of likely N-dealkylation sites (N-methyl/N-ethyl adjacent to an activating group) is 1. The summed E-state index contributed by atoms with van der Waals surface area (Å²) in [5, 5.41) is 2.99. The SMILES string of the molecule is CCNC(COCC(F)(F)F)Cc1ccccc1F. The van der Waals surface area contributed by atoms with Crippen molar-refractivity contribution < 1.29 is 22.3 Å². The minimum atomic E-state index is -4.34. The van der Waals surface area contributed by atoms with Crippen molar-refractivity contribution in [3.8, 4) is 0 Å². The van der Waals surface area contributed by atoms with E-state index >= 15 is 0 Å². The Labute approximate surface area is 109 Å². The molecular formula is C13H17F4NO. The van der Waals surface area contributed by atoms with Gasteiger partial charge in [-0.15, -0.1) is 0 Å². The van der Waals surface area contributed by atoms with Gasteiger partial charge in [0.25, 0.3) is 0 Å². The quantitative estimate of drug-likeness (QED) is 0.775. The molecule has 0 saturated carbocycles. The fourth-order valence-corrected chi connectivity index (χ4v) is 1.73. The van der Waals surface area contributed by atoms with Gasteiger partial charge in [0, 0.05) is 6.04 Å². The topological polar surface area (TPSA) is 21.3 Å². The van der Waals surface area contributed by atoms with E-state index in [1.54, 1.807) is 18.2 Å². The van der Waals surface area contributed by atoms with Crippen LogP contribution in [0, 0.1) is 5.82 Å². The minimum absolute atomic E-state index is 0.109. The van der Waals surface area contributed by atoms with Crippen molar-refractivity contribution in [2.45, 2.75) is 25.6 Å². The highest BCUT2D eigenvalue weighted by molar-refractivity contribution is 5.18. The maximum Gasteiger partial charge on any atom is 0.411 e. The van der Waals surface area contributed by atoms with Gasteiger partial charge >= 0.3 is 6.18 Å². The average molecular weight is 279 g/mol. The summed E-state index contributed by atoms with van der Waals surface area (Å²) in [6.45, 7) is 1.01. The predicted molar refractivity (Wildman–Crippen MR) is 64.4 cm³/mol. The maximum atomic E-state index is 13.5. The highest BCUT2D eigenvalue weighted by Gasteiger charge is 2.28. The molecule has 0 saturated heterocycles. The van der Waals surface area contributed by atoms with Gasteiger partial charge in [-0.25, -0.2) is 4.39 Å². The first-order valence-corrected chi connectivity index (χ1v) is 6.03. The Morgan fingerprint density at radius 3 is 2.53 bits per heavy atom. The van der Waals surface area contributed by atoms with Crippen LogP contribution in [0.3, 0.4) is 0 Å². The fraction of sp³-hybridized carbons (Fsp3) is 0.538. The molecule has 1 N–H and O–H groups in total. The second kappa shape index (κ2) is 7.45. The van der Waals surface area contributed by atoms with Crippen LogP contribution in [0.2, 0.25) is 0 Å². The predicted octanol–water partition coefficient (Wildman–Crippen LogP) is 2.93. The molecule has 0 radical (unpaired) electrons. The minimum Gasteiger partial charge on any atom is -0.370 e. The molecule has 19 heavy (non-hydrogen) atoms. The van der Waals surface area contributed by atoms with Gasteiger partial charge in [-0.3, -0.25) is 0 Å². The van der Waals surface area contributed by atoms with Crippen molar-refractivity contribution in [3.63, 3.8) is 0 Å². The largest absolute Gasteiger partial charge is 0.411 e. The van der Waals surface area contributed by atoms with Crippen LogP contribution in [-0.4, -0.2) is 32.0 Å². The number of ether oxygens (including phenoxy) is 1. The molecule has 0 bridgehead atoms. The number of hydrogen-bond donors (Lipinski definition) is 1. The monoisotopic (exact) mass is 279 g/mol. The molecule has 1 unspecified atom stereocenters. The average Bonchev–Trinajstić information content (AvgIpc) is 2.30. The van der Waals surface area contributed by atoms with Gasteiger partial charge in [0.05, 0.1) is 6.61 Å². The Morgan fingerprint density at radius 2 is 1.95 bits per heavy atom. The van der Waals surface area contributed by atoms with Crippen LogP contribution in [0.15, 0.2) is 24.3 Å². The van der Waals surface area contributed by atoms with E-state index in [-0.39, 0.29) is 18.5 Å². The van der Waals surface area contributed by atoms with Gasteiger partial charge in [0.1, 0.15) is 12.4 Å². The summed E-state index contributed by atoms with van der Waals surface area (Å²) < 4.78 is 54.0. The molecule has 0 aliphatic carbocycles. The van der Waals surface area contributed by atoms with E-state index in [0.717, 1.165) is 0 Å². The molecule has 2 nitrogen and oxygen atoms in total. The van der Waals surface area contributed by atoms with Gasteiger partial charge in [-0.2, -0.15) is 13.2 Å². The first-order chi connectivity index (χ1) is 8.92. The Hall–Kier alpha value is -1.14. The lowest BCUT2D eigenvalue weighted by molar-refractivity contribution is -0.175. The van der Waals surface area contributed by atoms with Crippen LogP contribution >= 0.6 is 0 Å². The summed E-state index contributed by atoms with van der Waals surface area (Å²) in [5.74, 6) is -0.360. The van der Waals surface area contributed by atoms with Crippen molar-refractivity contribution >= 4 is 0 Å². The molecule has 0 aliphatic heterocycles. The molecule has 0 aliphatic rings. The summed E-state index contributed by atoms with van der Waals surface area (Å²) in [4.78, 5) is 0. The van der Waals surface area contributed by atoms with E-state index in [2.05, 4.69) is 10.1 Å². The van der Waals surface area contributed by atoms with Crippen LogP contribution in [0.25, 0.3) is 0 Å². The summed E-state index contributed by atoms with van der Waals surface area (Å²) in [6, 6.07) is 5.86. The Morgan fingerprint density at radius 1 is 1.26 bits per heavy atom. The number of rotatable bonds is 7. The number of halogens is 4. The van der Waals surface area contributed by atoms with Crippen LogP contribution in [0.4, 0.5) is 17.6 Å². The molecular weight excluding hydrogens is 262 g/mol. The van der Waals surface area contributed by atoms with Gasteiger partial charge in [0.15, 0.2) is 0 Å². The van der Waals surface area contributed by atoms with Crippen LogP contribution in [0.5, 0.6) is 0 Å². The Bertz CT molecular complexity index is 381. The first-order valence-electron chi connectivity index (χ1n) is 6.03. The summed E-state index contributed by atoms with van der Waals surface area (Å²) in [5.41, 5.74) is 0.462. The lowest BCUT2D eigenvalue weighted by Gasteiger charge is -2.19. The molecule has 0 aromatic heterocycles. The summed E-state index contributed by atoms with van der Waals surface area (Å²) in [6.07, 6.45) is -4.05. The summed E-state index contributed by atoms with van der Waals surface area (Å²) >= 11 is 0. The van der Waals surface area contributed by atoms with Crippen LogP contribution in [-0.2, 0) is 11.2 Å². The van der Waals surface area contributed by atoms with Crippen molar-refractivity contribution in [1.29, 1.82) is 0 Å². The maximum absolute atomic E-state index is 13.5. The number of benzene rings is 1. The molecule has 1 aromatic carbocycles. The molecule has 0 heterocycles. The molecule has 0 amide bonds. The second-order valence-electron chi connectivity index (χ2n) is 4.18. The highest BCUT2D eigenvalue weighted by Crippen LogP contribution is 2.15.